The van der Waals surface area contributed by atoms with E-state index in [4.69, 9.17) is 0 Å². The summed E-state index contributed by atoms with van der Waals surface area (Å²) in [5.74, 6) is -0.262. The molecule has 2 N–H and O–H groups in total. The molecule has 0 aliphatic carbocycles. The van der Waals surface area contributed by atoms with E-state index in [0.717, 1.165) is 10.0 Å². The molecule has 0 spiro atoms. The van der Waals surface area contributed by atoms with Gasteiger partial charge in [0.2, 0.25) is 0 Å². The number of hydrogen-bond donors (Lipinski definition) is 2. The number of nitrogens with one attached hydrogen (secondary N) is 2. The van der Waals surface area contributed by atoms with Crippen LogP contribution in [0.25, 0.3) is 0 Å². The number of aromatic nitrogens is 1. The van der Waals surface area contributed by atoms with Crippen LogP contribution in [-0.4, -0.2) is 15.8 Å². The molecule has 0 atom stereocenters. The minimum Gasteiger partial charge on any atom is -0.356 e. The van der Waals surface area contributed by atoms with Gasteiger partial charge in [0.05, 0.1) is 4.92 Å². The van der Waals surface area contributed by atoms with Gasteiger partial charge in [-0.25, -0.2) is 0 Å². The molecule has 0 fully saturated rings. The Balaban J connectivity index is 2.10. The van der Waals surface area contributed by atoms with E-state index in [9.17, 15) is 14.9 Å². The van der Waals surface area contributed by atoms with Gasteiger partial charge in [0, 0.05) is 28.8 Å². The highest BCUT2D eigenvalue weighted by Gasteiger charge is 2.14. The second kappa shape index (κ2) is 5.87. The van der Waals surface area contributed by atoms with Crippen molar-refractivity contribution in [2.45, 2.75) is 13.5 Å². The molecule has 2 aromatic rings. The van der Waals surface area contributed by atoms with Crippen LogP contribution < -0.4 is 5.32 Å². The maximum absolute atomic E-state index is 11.9. The molecule has 7 heteroatoms. The number of rotatable bonds is 4. The van der Waals surface area contributed by atoms with Crippen LogP contribution in [0.5, 0.6) is 0 Å². The van der Waals surface area contributed by atoms with Crippen LogP contribution in [0.1, 0.15) is 21.6 Å². The van der Waals surface area contributed by atoms with E-state index in [1.807, 2.05) is 0 Å². The van der Waals surface area contributed by atoms with Crippen LogP contribution in [0.3, 0.4) is 0 Å². The number of nitro groups is 1. The number of amides is 1. The first-order valence-corrected chi connectivity index (χ1v) is 6.63. The average molecular weight is 338 g/mol. The van der Waals surface area contributed by atoms with Crippen molar-refractivity contribution in [3.63, 3.8) is 0 Å². The number of halogens is 1. The van der Waals surface area contributed by atoms with Crippen LogP contribution in [-0.2, 0) is 6.54 Å². The van der Waals surface area contributed by atoms with E-state index in [0.29, 0.717) is 11.3 Å². The molecule has 20 heavy (non-hydrogen) atoms. The van der Waals surface area contributed by atoms with Crippen LogP contribution in [0.15, 0.2) is 34.9 Å². The molecular formula is C13H12BrN3O3. The predicted molar refractivity (Wildman–Crippen MR) is 77.5 cm³/mol. The zero-order valence-corrected chi connectivity index (χ0v) is 12.2. The van der Waals surface area contributed by atoms with Crippen molar-refractivity contribution >= 4 is 27.5 Å². The number of benzene rings is 1. The maximum atomic E-state index is 11.9. The average Bonchev–Trinajstić information content (AvgIpc) is 2.83. The Morgan fingerprint density at radius 3 is 2.85 bits per heavy atom. The summed E-state index contributed by atoms with van der Waals surface area (Å²) in [5.41, 5.74) is 1.77. The van der Waals surface area contributed by atoms with Gasteiger partial charge in [0.1, 0.15) is 5.69 Å². The largest absolute Gasteiger partial charge is 0.356 e. The van der Waals surface area contributed by atoms with Crippen LogP contribution in [0.4, 0.5) is 5.69 Å². The highest BCUT2D eigenvalue weighted by atomic mass is 79.9. The molecular weight excluding hydrogens is 326 g/mol. The smallest absolute Gasteiger partial charge is 0.272 e. The van der Waals surface area contributed by atoms with Gasteiger partial charge in [-0.1, -0.05) is 12.1 Å². The van der Waals surface area contributed by atoms with Crippen LogP contribution in [0, 0.1) is 17.0 Å². The Morgan fingerprint density at radius 1 is 1.50 bits per heavy atom. The van der Waals surface area contributed by atoms with Gasteiger partial charge in [0.15, 0.2) is 0 Å². The predicted octanol–water partition coefficient (Wildman–Crippen LogP) is 2.92. The third kappa shape index (κ3) is 3.05. The van der Waals surface area contributed by atoms with E-state index in [1.165, 1.54) is 6.07 Å². The molecule has 0 radical (unpaired) electrons. The molecule has 1 heterocycles. The van der Waals surface area contributed by atoms with Crippen molar-refractivity contribution in [1.82, 2.24) is 10.3 Å². The van der Waals surface area contributed by atoms with Gasteiger partial charge in [0.25, 0.3) is 11.6 Å². The van der Waals surface area contributed by atoms with Gasteiger partial charge < -0.3 is 10.3 Å². The number of carbonyl (C=O) groups is 1. The van der Waals surface area contributed by atoms with Gasteiger partial charge in [-0.05, 0) is 34.5 Å². The number of aromatic amines is 1. The van der Waals surface area contributed by atoms with Gasteiger partial charge in [-0.15, -0.1) is 0 Å². The molecule has 0 saturated heterocycles. The standard InChI is InChI=1S/C13H12BrN3O3/c1-8-9(3-2-4-12(8)17(19)20)6-16-13(18)11-5-10(14)7-15-11/h2-5,7,15H,6H2,1H3,(H,16,18). The second-order valence-electron chi connectivity index (χ2n) is 4.23. The number of carbonyl (C=O) groups excluding carboxylic acids is 1. The monoisotopic (exact) mass is 337 g/mol. The SMILES string of the molecule is Cc1c(CNC(=O)c2cc(Br)c[nH]2)cccc1[N+](=O)[O-]. The fourth-order valence-electron chi connectivity index (χ4n) is 1.83. The van der Waals surface area contributed by atoms with E-state index in [-0.39, 0.29) is 18.1 Å². The van der Waals surface area contributed by atoms with Gasteiger partial charge >= 0.3 is 0 Å². The summed E-state index contributed by atoms with van der Waals surface area (Å²) in [7, 11) is 0. The van der Waals surface area contributed by atoms with Crippen LogP contribution in [0.2, 0.25) is 0 Å². The van der Waals surface area contributed by atoms with Gasteiger partial charge in [-0.3, -0.25) is 14.9 Å². The van der Waals surface area contributed by atoms with Crippen molar-refractivity contribution in [1.29, 1.82) is 0 Å². The number of H-pyrrole nitrogens is 1. The molecule has 0 aliphatic heterocycles. The summed E-state index contributed by atoms with van der Waals surface area (Å²) in [6.07, 6.45) is 1.66. The fraction of sp³-hybridized carbons (Fsp3) is 0.154. The lowest BCUT2D eigenvalue weighted by Crippen LogP contribution is -2.23. The first kappa shape index (κ1) is 14.3. The lowest BCUT2D eigenvalue weighted by atomic mass is 10.1. The van der Waals surface area contributed by atoms with E-state index in [1.54, 1.807) is 31.3 Å². The molecule has 0 aliphatic rings. The highest BCUT2D eigenvalue weighted by Crippen LogP contribution is 2.21. The Hall–Kier alpha value is -2.15. The van der Waals surface area contributed by atoms with Crippen LogP contribution >= 0.6 is 15.9 Å². The molecule has 0 unspecified atom stereocenters. The zero-order valence-electron chi connectivity index (χ0n) is 10.6. The quantitative estimate of drug-likeness (QED) is 0.664. The number of nitrogens with zero attached hydrogens (tertiary/aromatic N) is 1. The highest BCUT2D eigenvalue weighted by molar-refractivity contribution is 9.10. The minimum absolute atomic E-state index is 0.0550. The first-order valence-electron chi connectivity index (χ1n) is 5.84. The third-order valence-electron chi connectivity index (χ3n) is 2.95. The molecule has 6 nitrogen and oxygen atoms in total. The zero-order chi connectivity index (χ0) is 14.7. The molecule has 0 bridgehead atoms. The Morgan fingerprint density at radius 2 is 2.25 bits per heavy atom. The summed E-state index contributed by atoms with van der Waals surface area (Å²) in [6.45, 7) is 1.91. The summed E-state index contributed by atoms with van der Waals surface area (Å²) in [4.78, 5) is 25.1. The fourth-order valence-corrected chi connectivity index (χ4v) is 2.17. The first-order chi connectivity index (χ1) is 9.49. The Kier molecular flexibility index (Phi) is 4.19. The minimum atomic E-state index is -0.428. The molecule has 0 saturated carbocycles. The van der Waals surface area contributed by atoms with Crippen molar-refractivity contribution in [3.8, 4) is 0 Å². The Bertz CT molecular complexity index is 667. The normalized spacial score (nSPS) is 10.3. The summed E-state index contributed by atoms with van der Waals surface area (Å²) in [6, 6.07) is 6.48. The maximum Gasteiger partial charge on any atom is 0.272 e. The van der Waals surface area contributed by atoms with Crippen molar-refractivity contribution in [2.24, 2.45) is 0 Å². The van der Waals surface area contributed by atoms with E-state index >= 15 is 0 Å². The number of nitro benzene ring substituents is 1. The Labute approximate surface area is 123 Å². The summed E-state index contributed by atoms with van der Waals surface area (Å²) < 4.78 is 0.786. The van der Waals surface area contributed by atoms with E-state index in [2.05, 4.69) is 26.2 Å². The summed E-state index contributed by atoms with van der Waals surface area (Å²) >= 11 is 3.25. The molecule has 104 valence electrons. The second-order valence-corrected chi connectivity index (χ2v) is 5.15. The number of hydrogen-bond acceptors (Lipinski definition) is 3. The third-order valence-corrected chi connectivity index (χ3v) is 3.40. The molecule has 1 aromatic heterocycles. The lowest BCUT2D eigenvalue weighted by Gasteiger charge is -2.07. The van der Waals surface area contributed by atoms with Gasteiger partial charge in [-0.2, -0.15) is 0 Å². The molecule has 2 rings (SSSR count). The van der Waals surface area contributed by atoms with Crippen molar-refractivity contribution < 1.29 is 9.72 Å². The molecule has 1 aromatic carbocycles. The molecule has 1 amide bonds. The van der Waals surface area contributed by atoms with Crippen molar-refractivity contribution in [2.75, 3.05) is 0 Å². The lowest BCUT2D eigenvalue weighted by molar-refractivity contribution is -0.385. The summed E-state index contributed by atoms with van der Waals surface area (Å²) in [5, 5.41) is 13.6. The van der Waals surface area contributed by atoms with Crippen molar-refractivity contribution in [3.05, 3.63) is 61.9 Å². The topological polar surface area (TPSA) is 88.0 Å². The van der Waals surface area contributed by atoms with E-state index < -0.39 is 4.92 Å².